The number of carboxylic acids is 1. The Balaban J connectivity index is 1.70. The normalized spacial score (nSPS) is 18.5. The highest BCUT2D eigenvalue weighted by molar-refractivity contribution is 5.80. The summed E-state index contributed by atoms with van der Waals surface area (Å²) in [4.78, 5) is 14.0. The molecule has 0 bridgehead atoms. The van der Waals surface area contributed by atoms with Gasteiger partial charge in [0, 0.05) is 34.8 Å². The van der Waals surface area contributed by atoms with E-state index in [4.69, 9.17) is 4.74 Å². The van der Waals surface area contributed by atoms with Crippen LogP contribution in [0.25, 0.3) is 0 Å². The lowest BCUT2D eigenvalue weighted by molar-refractivity contribution is -0.142. The number of aliphatic carboxylic acids is 1. The highest BCUT2D eigenvalue weighted by atomic mass is 16.5. The molecule has 34 heavy (non-hydrogen) atoms. The van der Waals surface area contributed by atoms with Gasteiger partial charge in [0.15, 0.2) is 0 Å². The molecule has 2 aromatic rings. The van der Waals surface area contributed by atoms with Crippen molar-refractivity contribution in [3.63, 3.8) is 0 Å². The average Bonchev–Trinajstić information content (AvgIpc) is 3.57. The van der Waals surface area contributed by atoms with Crippen molar-refractivity contribution in [2.45, 2.75) is 89.8 Å². The number of nitrogens with zero attached hydrogens (tertiary/aromatic N) is 1. The number of fused-ring (bicyclic) bond motifs is 1. The van der Waals surface area contributed by atoms with Crippen molar-refractivity contribution in [1.29, 1.82) is 0 Å². The number of hydrogen-bond donors (Lipinski definition) is 1. The Kier molecular flexibility index (Phi) is 6.07. The van der Waals surface area contributed by atoms with Gasteiger partial charge in [-0.05, 0) is 89.2 Å². The average molecular weight is 460 g/mol. The summed E-state index contributed by atoms with van der Waals surface area (Å²) in [7, 11) is 2.20. The molecular formula is C30H37NO3. The van der Waals surface area contributed by atoms with Crippen LogP contribution in [0.5, 0.6) is 5.75 Å². The number of rotatable bonds is 5. The summed E-state index contributed by atoms with van der Waals surface area (Å²) in [5.41, 5.74) is 3.93. The van der Waals surface area contributed by atoms with Gasteiger partial charge in [-0.3, -0.25) is 9.69 Å². The first-order chi connectivity index (χ1) is 15.8. The molecular weight excluding hydrogens is 422 g/mol. The minimum Gasteiger partial charge on any atom is -0.487 e. The molecule has 1 heterocycles. The molecule has 4 heteroatoms. The van der Waals surface area contributed by atoms with Crippen molar-refractivity contribution in [2.24, 2.45) is 0 Å². The van der Waals surface area contributed by atoms with Gasteiger partial charge < -0.3 is 9.84 Å². The number of hydrogen-bond acceptors (Lipinski definition) is 3. The molecule has 0 amide bonds. The molecule has 2 aromatic carbocycles. The molecule has 0 spiro atoms. The standard InChI is InChI=1S/C30H37NO3/c1-28(2)19-29(3,4)34-26-22(18-31(7)24-14-15-24)16-21(17-25(26)28)9-8-20-10-12-23(13-11-20)30(5,6)27(32)33/h10-13,16-17,24H,14-15,18-19H2,1-7H3,(H,32,33). The maximum absolute atomic E-state index is 11.5. The van der Waals surface area contributed by atoms with Crippen molar-refractivity contribution in [2.75, 3.05) is 7.05 Å². The maximum Gasteiger partial charge on any atom is 0.313 e. The summed E-state index contributed by atoms with van der Waals surface area (Å²) >= 11 is 0. The fraction of sp³-hybridized carbons (Fsp3) is 0.500. The number of benzene rings is 2. The Morgan fingerprint density at radius 1 is 1.09 bits per heavy atom. The third-order valence-electron chi connectivity index (χ3n) is 7.22. The number of carbonyl (C=O) groups is 1. The van der Waals surface area contributed by atoms with E-state index in [0.717, 1.165) is 35.4 Å². The number of ether oxygens (including phenoxy) is 1. The number of carboxylic acid groups (broad SMARTS) is 1. The van der Waals surface area contributed by atoms with Crippen LogP contribution < -0.4 is 4.74 Å². The molecule has 0 unspecified atom stereocenters. The summed E-state index contributed by atoms with van der Waals surface area (Å²) in [6.07, 6.45) is 3.48. The highest BCUT2D eigenvalue weighted by Gasteiger charge is 2.40. The van der Waals surface area contributed by atoms with Crippen LogP contribution in [-0.2, 0) is 22.2 Å². The van der Waals surface area contributed by atoms with Gasteiger partial charge in [-0.15, -0.1) is 0 Å². The summed E-state index contributed by atoms with van der Waals surface area (Å²) in [5.74, 6) is 6.84. The molecule has 4 rings (SSSR count). The molecule has 0 atom stereocenters. The van der Waals surface area contributed by atoms with E-state index in [1.807, 2.05) is 24.3 Å². The second-order valence-electron chi connectivity index (χ2n) is 11.8. The van der Waals surface area contributed by atoms with Gasteiger partial charge in [-0.1, -0.05) is 37.8 Å². The summed E-state index contributed by atoms with van der Waals surface area (Å²) < 4.78 is 6.55. The summed E-state index contributed by atoms with van der Waals surface area (Å²) in [6.45, 7) is 13.2. The van der Waals surface area contributed by atoms with E-state index in [1.54, 1.807) is 13.8 Å². The second kappa shape index (κ2) is 8.47. The van der Waals surface area contributed by atoms with Crippen molar-refractivity contribution in [3.8, 4) is 17.6 Å². The Hall–Kier alpha value is -2.77. The molecule has 1 fully saturated rings. The molecule has 1 aliphatic carbocycles. The van der Waals surface area contributed by atoms with Gasteiger partial charge in [-0.25, -0.2) is 0 Å². The lowest BCUT2D eigenvalue weighted by Crippen LogP contribution is -2.42. The largest absolute Gasteiger partial charge is 0.487 e. The first kappa shape index (κ1) is 24.4. The maximum atomic E-state index is 11.5. The van der Waals surface area contributed by atoms with E-state index in [-0.39, 0.29) is 11.0 Å². The van der Waals surface area contributed by atoms with Crippen molar-refractivity contribution in [1.82, 2.24) is 4.90 Å². The zero-order valence-electron chi connectivity index (χ0n) is 21.6. The second-order valence-corrected chi connectivity index (χ2v) is 11.8. The zero-order chi connectivity index (χ0) is 24.9. The smallest absolute Gasteiger partial charge is 0.313 e. The predicted molar refractivity (Wildman–Crippen MR) is 136 cm³/mol. The molecule has 0 radical (unpaired) electrons. The predicted octanol–water partition coefficient (Wildman–Crippen LogP) is 5.88. The monoisotopic (exact) mass is 459 g/mol. The highest BCUT2D eigenvalue weighted by Crippen LogP contribution is 2.47. The lowest BCUT2D eigenvalue weighted by Gasteiger charge is -2.43. The Morgan fingerprint density at radius 2 is 1.71 bits per heavy atom. The third kappa shape index (κ3) is 5.00. The van der Waals surface area contributed by atoms with Crippen LogP contribution in [-0.4, -0.2) is 34.7 Å². The third-order valence-corrected chi connectivity index (χ3v) is 7.22. The molecule has 0 saturated heterocycles. The minimum absolute atomic E-state index is 0.00820. The fourth-order valence-corrected chi connectivity index (χ4v) is 5.12. The van der Waals surface area contributed by atoms with Gasteiger partial charge >= 0.3 is 5.97 Å². The van der Waals surface area contributed by atoms with E-state index in [9.17, 15) is 9.90 Å². The summed E-state index contributed by atoms with van der Waals surface area (Å²) in [6, 6.07) is 12.6. The van der Waals surface area contributed by atoms with Gasteiger partial charge in [-0.2, -0.15) is 0 Å². The van der Waals surface area contributed by atoms with Gasteiger partial charge in [0.25, 0.3) is 0 Å². The SMILES string of the molecule is CN(Cc1cc(C#Cc2ccc(C(C)(C)C(=O)O)cc2)cc2c1OC(C)(C)CC2(C)C)C1CC1. The van der Waals surface area contributed by atoms with Crippen LogP contribution in [0.4, 0.5) is 0 Å². The minimum atomic E-state index is -0.924. The van der Waals surface area contributed by atoms with E-state index >= 15 is 0 Å². The van der Waals surface area contributed by atoms with Gasteiger partial charge in [0.2, 0.25) is 0 Å². The molecule has 1 aliphatic heterocycles. The molecule has 1 N–H and O–H groups in total. The zero-order valence-corrected chi connectivity index (χ0v) is 21.6. The van der Waals surface area contributed by atoms with Crippen LogP contribution in [0.1, 0.15) is 88.6 Å². The van der Waals surface area contributed by atoms with Crippen LogP contribution in [0.2, 0.25) is 0 Å². The lowest BCUT2D eigenvalue weighted by atomic mass is 9.72. The molecule has 1 saturated carbocycles. The van der Waals surface area contributed by atoms with Crippen LogP contribution >= 0.6 is 0 Å². The summed E-state index contributed by atoms with van der Waals surface area (Å²) in [5, 5.41) is 9.47. The van der Waals surface area contributed by atoms with Crippen molar-refractivity contribution >= 4 is 5.97 Å². The van der Waals surface area contributed by atoms with Crippen LogP contribution in [0.15, 0.2) is 36.4 Å². The van der Waals surface area contributed by atoms with Crippen LogP contribution in [0.3, 0.4) is 0 Å². The van der Waals surface area contributed by atoms with Gasteiger partial charge in [0.1, 0.15) is 11.4 Å². The first-order valence-electron chi connectivity index (χ1n) is 12.2. The molecule has 2 aliphatic rings. The van der Waals surface area contributed by atoms with Crippen molar-refractivity contribution < 1.29 is 14.6 Å². The quantitative estimate of drug-likeness (QED) is 0.567. The Bertz CT molecular complexity index is 1160. The van der Waals surface area contributed by atoms with E-state index in [1.165, 1.54) is 24.0 Å². The van der Waals surface area contributed by atoms with Gasteiger partial charge in [0.05, 0.1) is 5.41 Å². The molecule has 180 valence electrons. The fourth-order valence-electron chi connectivity index (χ4n) is 5.12. The Labute approximate surface area is 204 Å². The Morgan fingerprint density at radius 3 is 2.29 bits per heavy atom. The topological polar surface area (TPSA) is 49.8 Å². The van der Waals surface area contributed by atoms with Crippen LogP contribution in [0, 0.1) is 11.8 Å². The first-order valence-corrected chi connectivity index (χ1v) is 12.2. The molecule has 4 nitrogen and oxygen atoms in total. The van der Waals surface area contributed by atoms with E-state index in [0.29, 0.717) is 6.04 Å². The van der Waals surface area contributed by atoms with E-state index in [2.05, 4.69) is 63.6 Å². The van der Waals surface area contributed by atoms with E-state index < -0.39 is 11.4 Å². The van der Waals surface area contributed by atoms with Crippen molar-refractivity contribution in [3.05, 3.63) is 64.2 Å². The molecule has 0 aromatic heterocycles.